The first-order valence-electron chi connectivity index (χ1n) is 7.29. The van der Waals surface area contributed by atoms with Gasteiger partial charge >= 0.3 is 0 Å². The summed E-state index contributed by atoms with van der Waals surface area (Å²) >= 11 is 0. The molecule has 0 radical (unpaired) electrons. The molecule has 0 saturated heterocycles. The second kappa shape index (κ2) is 6.22. The normalized spacial score (nSPS) is 9.91. The van der Waals surface area contributed by atoms with E-state index in [0.717, 1.165) is 28.0 Å². The summed E-state index contributed by atoms with van der Waals surface area (Å²) in [6.07, 6.45) is 0. The molecule has 110 valence electrons. The topological polar surface area (TPSA) is 41.6 Å². The Morgan fingerprint density at radius 2 is 1.78 bits per heavy atom. The molecule has 2 aromatic carbocycles. The van der Waals surface area contributed by atoms with Gasteiger partial charge in [-0.3, -0.25) is 0 Å². The Bertz CT molecular complexity index is 974. The van der Waals surface area contributed by atoms with E-state index < -0.39 is 0 Å². The second-order valence-electron chi connectivity index (χ2n) is 5.41. The Morgan fingerprint density at radius 1 is 1.09 bits per heavy atom. The lowest BCUT2D eigenvalue weighted by Crippen LogP contribution is -2.01. The number of nitrogens with zero attached hydrogens (tertiary/aromatic N) is 3. The van der Waals surface area contributed by atoms with Crippen molar-refractivity contribution in [3.8, 4) is 17.9 Å². The van der Waals surface area contributed by atoms with Crippen molar-refractivity contribution in [3.05, 3.63) is 77.6 Å². The van der Waals surface area contributed by atoms with Crippen LogP contribution in [-0.2, 0) is 6.54 Å². The maximum Gasteiger partial charge on any atom is 0.187 e. The molecule has 0 amide bonds. The fourth-order valence-corrected chi connectivity index (χ4v) is 2.36. The summed E-state index contributed by atoms with van der Waals surface area (Å²) in [5.41, 5.74) is 4.52. The third-order valence-electron chi connectivity index (χ3n) is 3.42. The first kappa shape index (κ1) is 14.6. The quantitative estimate of drug-likeness (QED) is 0.532. The van der Waals surface area contributed by atoms with Crippen molar-refractivity contribution in [2.24, 2.45) is 0 Å². The molecule has 3 heteroatoms. The summed E-state index contributed by atoms with van der Waals surface area (Å²) in [5.74, 6) is 6.97. The lowest BCUT2D eigenvalue weighted by atomic mass is 10.1. The number of aromatic nitrogens is 2. The Kier molecular flexibility index (Phi) is 3.95. The molecule has 0 N–H and O–H groups in total. The molecule has 3 aromatic rings. The van der Waals surface area contributed by atoms with Crippen molar-refractivity contribution < 1.29 is 0 Å². The molecule has 1 aromatic heterocycles. The number of nitriles is 1. The van der Waals surface area contributed by atoms with Gasteiger partial charge in [-0.05, 0) is 49.2 Å². The van der Waals surface area contributed by atoms with Crippen LogP contribution in [0.15, 0.2) is 60.7 Å². The first-order chi connectivity index (χ1) is 11.2. The van der Waals surface area contributed by atoms with Crippen molar-refractivity contribution in [3.63, 3.8) is 0 Å². The minimum Gasteiger partial charge on any atom is -0.313 e. The SMILES string of the molecule is C=C(C)Cn1c(C#Cc2ccc(C#N)cc2)nc2ccccc21. The van der Waals surface area contributed by atoms with E-state index in [9.17, 15) is 0 Å². The zero-order chi connectivity index (χ0) is 16.2. The van der Waals surface area contributed by atoms with E-state index >= 15 is 0 Å². The van der Waals surface area contributed by atoms with Crippen LogP contribution in [0.25, 0.3) is 11.0 Å². The van der Waals surface area contributed by atoms with Crippen LogP contribution in [0.5, 0.6) is 0 Å². The maximum absolute atomic E-state index is 8.83. The van der Waals surface area contributed by atoms with Gasteiger partial charge < -0.3 is 4.57 Å². The summed E-state index contributed by atoms with van der Waals surface area (Å²) in [5, 5.41) is 8.83. The van der Waals surface area contributed by atoms with Gasteiger partial charge in [-0.2, -0.15) is 5.26 Å². The monoisotopic (exact) mass is 297 g/mol. The van der Waals surface area contributed by atoms with Crippen LogP contribution in [0, 0.1) is 23.2 Å². The van der Waals surface area contributed by atoms with Gasteiger partial charge in [-0.25, -0.2) is 4.98 Å². The van der Waals surface area contributed by atoms with Crippen molar-refractivity contribution in [2.45, 2.75) is 13.5 Å². The maximum atomic E-state index is 8.83. The molecule has 23 heavy (non-hydrogen) atoms. The summed E-state index contributed by atoms with van der Waals surface area (Å²) < 4.78 is 2.08. The molecule has 0 atom stereocenters. The lowest BCUT2D eigenvalue weighted by molar-refractivity contribution is 0.798. The number of hydrogen-bond acceptors (Lipinski definition) is 2. The number of imidazole rings is 1. The van der Waals surface area contributed by atoms with Crippen LogP contribution in [-0.4, -0.2) is 9.55 Å². The number of fused-ring (bicyclic) bond motifs is 1. The van der Waals surface area contributed by atoms with Gasteiger partial charge in [0.2, 0.25) is 0 Å². The Labute approximate surface area is 135 Å². The lowest BCUT2D eigenvalue weighted by Gasteiger charge is -2.05. The molecule has 0 bridgehead atoms. The molecule has 0 aliphatic rings. The molecule has 0 spiro atoms. The van der Waals surface area contributed by atoms with Crippen LogP contribution in [0.2, 0.25) is 0 Å². The van der Waals surface area contributed by atoms with E-state index in [2.05, 4.69) is 34.0 Å². The van der Waals surface area contributed by atoms with Crippen LogP contribution >= 0.6 is 0 Å². The Morgan fingerprint density at radius 3 is 2.48 bits per heavy atom. The van der Waals surface area contributed by atoms with E-state index in [0.29, 0.717) is 12.1 Å². The van der Waals surface area contributed by atoms with Crippen LogP contribution in [0.4, 0.5) is 0 Å². The predicted molar refractivity (Wildman–Crippen MR) is 91.7 cm³/mol. The highest BCUT2D eigenvalue weighted by Crippen LogP contribution is 2.17. The minimum atomic E-state index is 0.630. The number of para-hydroxylation sites is 2. The summed E-state index contributed by atoms with van der Waals surface area (Å²) in [6, 6.07) is 17.3. The number of rotatable bonds is 2. The fraction of sp³-hybridized carbons (Fsp3) is 0.100. The van der Waals surface area contributed by atoms with Crippen molar-refractivity contribution in [1.82, 2.24) is 9.55 Å². The molecule has 0 fully saturated rings. The largest absolute Gasteiger partial charge is 0.313 e. The van der Waals surface area contributed by atoms with Gasteiger partial charge in [0.05, 0.1) is 22.7 Å². The van der Waals surface area contributed by atoms with Crippen LogP contribution < -0.4 is 0 Å². The molecule has 1 heterocycles. The van der Waals surface area contributed by atoms with Gasteiger partial charge in [0.1, 0.15) is 0 Å². The van der Waals surface area contributed by atoms with E-state index in [-0.39, 0.29) is 0 Å². The summed E-state index contributed by atoms with van der Waals surface area (Å²) in [7, 11) is 0. The standard InChI is InChI=1S/C20H15N3/c1-15(2)14-23-19-6-4-3-5-18(19)22-20(23)12-11-16-7-9-17(13-21)10-8-16/h3-10H,1,14H2,2H3. The highest BCUT2D eigenvalue weighted by Gasteiger charge is 2.08. The van der Waals surface area contributed by atoms with Gasteiger partial charge in [-0.15, -0.1) is 0 Å². The Balaban J connectivity index is 2.04. The molecule has 0 aliphatic carbocycles. The van der Waals surface area contributed by atoms with Gasteiger partial charge in [0, 0.05) is 12.1 Å². The molecule has 0 aliphatic heterocycles. The smallest absolute Gasteiger partial charge is 0.187 e. The van der Waals surface area contributed by atoms with Gasteiger partial charge in [0.25, 0.3) is 0 Å². The van der Waals surface area contributed by atoms with Gasteiger partial charge in [0.15, 0.2) is 5.82 Å². The molecular formula is C20H15N3. The third-order valence-corrected chi connectivity index (χ3v) is 3.42. The third kappa shape index (κ3) is 3.15. The van der Waals surface area contributed by atoms with E-state index in [1.807, 2.05) is 43.3 Å². The number of hydrogen-bond donors (Lipinski definition) is 0. The highest BCUT2D eigenvalue weighted by molar-refractivity contribution is 5.77. The van der Waals surface area contributed by atoms with Crippen LogP contribution in [0.1, 0.15) is 23.9 Å². The van der Waals surface area contributed by atoms with Crippen molar-refractivity contribution in [1.29, 1.82) is 5.26 Å². The molecule has 3 rings (SSSR count). The van der Waals surface area contributed by atoms with Crippen molar-refractivity contribution >= 4 is 11.0 Å². The average Bonchev–Trinajstić information content (AvgIpc) is 2.91. The first-order valence-corrected chi connectivity index (χ1v) is 7.29. The van der Waals surface area contributed by atoms with Gasteiger partial charge in [-0.1, -0.05) is 30.2 Å². The molecule has 0 saturated carbocycles. The number of allylic oxidation sites excluding steroid dienone is 1. The summed E-state index contributed by atoms with van der Waals surface area (Å²) in [6.45, 7) is 6.67. The predicted octanol–water partition coefficient (Wildman–Crippen LogP) is 3.88. The molecule has 0 unspecified atom stereocenters. The second-order valence-corrected chi connectivity index (χ2v) is 5.41. The highest BCUT2D eigenvalue weighted by atomic mass is 15.1. The van der Waals surface area contributed by atoms with Crippen molar-refractivity contribution in [2.75, 3.05) is 0 Å². The zero-order valence-electron chi connectivity index (χ0n) is 12.9. The van der Waals surface area contributed by atoms with Crippen LogP contribution in [0.3, 0.4) is 0 Å². The van der Waals surface area contributed by atoms with E-state index in [4.69, 9.17) is 5.26 Å². The van der Waals surface area contributed by atoms with E-state index in [1.165, 1.54) is 0 Å². The summed E-state index contributed by atoms with van der Waals surface area (Å²) in [4.78, 5) is 4.61. The number of benzene rings is 2. The Hall–Kier alpha value is -3.30. The molecular weight excluding hydrogens is 282 g/mol. The minimum absolute atomic E-state index is 0.630. The average molecular weight is 297 g/mol. The van der Waals surface area contributed by atoms with E-state index in [1.54, 1.807) is 12.1 Å². The zero-order valence-corrected chi connectivity index (χ0v) is 12.9. The molecule has 3 nitrogen and oxygen atoms in total. The fourth-order valence-electron chi connectivity index (χ4n) is 2.36.